The highest BCUT2D eigenvalue weighted by atomic mass is 32.1. The third kappa shape index (κ3) is 3.57. The molecule has 0 bridgehead atoms. The van der Waals surface area contributed by atoms with Gasteiger partial charge in [0.1, 0.15) is 9.88 Å². The second kappa shape index (κ2) is 7.26. The number of para-hydroxylation sites is 1. The summed E-state index contributed by atoms with van der Waals surface area (Å²) in [4.78, 5) is 30.2. The van der Waals surface area contributed by atoms with Gasteiger partial charge in [0.25, 0.3) is 11.5 Å². The van der Waals surface area contributed by atoms with Crippen molar-refractivity contribution in [2.75, 3.05) is 5.32 Å². The summed E-state index contributed by atoms with van der Waals surface area (Å²) in [6, 6.07) is 14.3. The Bertz CT molecular complexity index is 1140. The van der Waals surface area contributed by atoms with Crippen LogP contribution in [0.2, 0.25) is 0 Å². The van der Waals surface area contributed by atoms with Crippen molar-refractivity contribution in [1.29, 1.82) is 0 Å². The van der Waals surface area contributed by atoms with Crippen LogP contribution in [-0.2, 0) is 0 Å². The molecule has 0 radical (unpaired) electrons. The van der Waals surface area contributed by atoms with Crippen molar-refractivity contribution < 1.29 is 4.79 Å². The molecule has 0 atom stereocenters. The maximum absolute atomic E-state index is 12.8. The fourth-order valence-corrected chi connectivity index (χ4v) is 4.36. The summed E-state index contributed by atoms with van der Waals surface area (Å²) in [5, 5.41) is 12.2. The highest BCUT2D eigenvalue weighted by molar-refractivity contribution is 7.22. The number of aromatic amines is 1. The third-order valence-corrected chi connectivity index (χ3v) is 6.06. The minimum Gasteiger partial charge on any atom is -0.321 e. The molecule has 0 aliphatic heterocycles. The molecule has 2 N–H and O–H groups in total. The number of aromatic nitrogens is 3. The number of amides is 1. The number of H-pyrrole nitrogens is 1. The van der Waals surface area contributed by atoms with E-state index in [1.807, 2.05) is 42.6 Å². The minimum atomic E-state index is -0.276. The first kappa shape index (κ1) is 17.3. The van der Waals surface area contributed by atoms with Crippen LogP contribution in [-0.4, -0.2) is 21.1 Å². The Morgan fingerprint density at radius 1 is 1.11 bits per heavy atom. The molecule has 4 rings (SSSR count). The first-order valence-corrected chi connectivity index (χ1v) is 9.79. The average Bonchev–Trinajstić information content (AvgIpc) is 3.32. The largest absolute Gasteiger partial charge is 0.321 e. The molecule has 3 aromatic heterocycles. The zero-order valence-electron chi connectivity index (χ0n) is 14.2. The molecule has 6 nitrogen and oxygen atoms in total. The predicted octanol–water partition coefficient (Wildman–Crippen LogP) is 4.18. The van der Waals surface area contributed by atoms with Gasteiger partial charge in [-0.05, 0) is 30.5 Å². The fourth-order valence-electron chi connectivity index (χ4n) is 2.60. The fraction of sp³-hybridized carbons (Fsp3) is 0.0526. The Balaban J connectivity index is 1.64. The standard InChI is InChI=1S/C19H14N4O2S2/c1-11-17(27-19(20-11)15-7-4-10-26-15)18(25)21-13-6-3-2-5-12(13)14-8-9-16(24)23-22-14/h2-10H,1H3,(H,21,25)(H,23,24). The van der Waals surface area contributed by atoms with Crippen molar-refractivity contribution in [1.82, 2.24) is 15.2 Å². The van der Waals surface area contributed by atoms with Gasteiger partial charge in [-0.25, -0.2) is 10.1 Å². The number of benzene rings is 1. The van der Waals surface area contributed by atoms with Crippen LogP contribution in [0.1, 0.15) is 15.4 Å². The Morgan fingerprint density at radius 2 is 1.96 bits per heavy atom. The van der Waals surface area contributed by atoms with E-state index in [9.17, 15) is 9.59 Å². The number of nitrogens with one attached hydrogen (secondary N) is 2. The lowest BCUT2D eigenvalue weighted by atomic mass is 10.1. The Labute approximate surface area is 162 Å². The van der Waals surface area contributed by atoms with Crippen LogP contribution in [0.15, 0.2) is 58.7 Å². The zero-order chi connectivity index (χ0) is 18.8. The summed E-state index contributed by atoms with van der Waals surface area (Å²) >= 11 is 2.97. The molecular weight excluding hydrogens is 380 g/mol. The van der Waals surface area contributed by atoms with Crippen molar-refractivity contribution in [3.8, 4) is 21.1 Å². The second-order valence-corrected chi connectivity index (χ2v) is 7.66. The van der Waals surface area contributed by atoms with Crippen LogP contribution in [0.3, 0.4) is 0 Å². The van der Waals surface area contributed by atoms with Gasteiger partial charge < -0.3 is 5.32 Å². The summed E-state index contributed by atoms with van der Waals surface area (Å²) in [5.41, 5.74) is 2.34. The number of nitrogens with zero attached hydrogens (tertiary/aromatic N) is 2. The molecule has 27 heavy (non-hydrogen) atoms. The second-order valence-electron chi connectivity index (χ2n) is 5.72. The number of carbonyl (C=O) groups excluding carboxylic acids is 1. The molecule has 4 aromatic rings. The van der Waals surface area contributed by atoms with Crippen molar-refractivity contribution in [3.63, 3.8) is 0 Å². The van der Waals surface area contributed by atoms with Gasteiger partial charge in [0, 0.05) is 11.6 Å². The van der Waals surface area contributed by atoms with Gasteiger partial charge in [-0.15, -0.1) is 22.7 Å². The molecule has 1 aromatic carbocycles. The third-order valence-electron chi connectivity index (χ3n) is 3.87. The lowest BCUT2D eigenvalue weighted by Gasteiger charge is -2.09. The molecule has 1 amide bonds. The molecule has 0 aliphatic carbocycles. The van der Waals surface area contributed by atoms with Crippen molar-refractivity contribution >= 4 is 34.3 Å². The van der Waals surface area contributed by atoms with Gasteiger partial charge in [-0.2, -0.15) is 5.10 Å². The number of hydrogen-bond donors (Lipinski definition) is 2. The average molecular weight is 394 g/mol. The van der Waals surface area contributed by atoms with E-state index in [1.165, 1.54) is 17.4 Å². The Hall–Kier alpha value is -3.10. The normalized spacial score (nSPS) is 10.7. The first-order chi connectivity index (χ1) is 13.1. The van der Waals surface area contributed by atoms with Crippen LogP contribution in [0.4, 0.5) is 5.69 Å². The molecule has 8 heteroatoms. The number of thiophene rings is 1. The highest BCUT2D eigenvalue weighted by Gasteiger charge is 2.18. The van der Waals surface area contributed by atoms with Gasteiger partial charge in [0.05, 0.1) is 22.0 Å². The van der Waals surface area contributed by atoms with Crippen LogP contribution >= 0.6 is 22.7 Å². The maximum Gasteiger partial charge on any atom is 0.267 e. The van der Waals surface area contributed by atoms with Crippen LogP contribution in [0.25, 0.3) is 21.1 Å². The van der Waals surface area contributed by atoms with E-state index in [2.05, 4.69) is 20.5 Å². The molecule has 0 spiro atoms. The number of anilines is 1. The van der Waals surface area contributed by atoms with E-state index in [-0.39, 0.29) is 11.5 Å². The summed E-state index contributed by atoms with van der Waals surface area (Å²) < 4.78 is 0. The Kier molecular flexibility index (Phi) is 4.66. The lowest BCUT2D eigenvalue weighted by Crippen LogP contribution is -2.13. The monoisotopic (exact) mass is 394 g/mol. The molecule has 0 saturated carbocycles. The van der Waals surface area contributed by atoms with E-state index < -0.39 is 0 Å². The van der Waals surface area contributed by atoms with Crippen molar-refractivity contribution in [3.05, 3.63) is 74.8 Å². The van der Waals surface area contributed by atoms with Gasteiger partial charge >= 0.3 is 0 Å². The van der Waals surface area contributed by atoms with Gasteiger partial charge in [0.2, 0.25) is 0 Å². The number of aryl methyl sites for hydroxylation is 1. The molecule has 0 fully saturated rings. The molecule has 0 saturated heterocycles. The van der Waals surface area contributed by atoms with E-state index in [4.69, 9.17) is 0 Å². The van der Waals surface area contributed by atoms with Gasteiger partial charge in [-0.3, -0.25) is 9.59 Å². The maximum atomic E-state index is 12.8. The molecule has 3 heterocycles. The van der Waals surface area contributed by atoms with Crippen LogP contribution in [0.5, 0.6) is 0 Å². The predicted molar refractivity (Wildman–Crippen MR) is 108 cm³/mol. The van der Waals surface area contributed by atoms with Crippen molar-refractivity contribution in [2.45, 2.75) is 6.92 Å². The summed E-state index contributed by atoms with van der Waals surface area (Å²) in [5.74, 6) is -0.218. The summed E-state index contributed by atoms with van der Waals surface area (Å²) in [7, 11) is 0. The van der Waals surface area contributed by atoms with E-state index in [1.54, 1.807) is 23.5 Å². The molecule has 0 unspecified atom stereocenters. The first-order valence-electron chi connectivity index (χ1n) is 8.09. The van der Waals surface area contributed by atoms with Crippen molar-refractivity contribution in [2.24, 2.45) is 0 Å². The van der Waals surface area contributed by atoms with Gasteiger partial charge in [-0.1, -0.05) is 24.3 Å². The number of rotatable bonds is 4. The van der Waals surface area contributed by atoms with Crippen LogP contribution in [0, 0.1) is 6.92 Å². The zero-order valence-corrected chi connectivity index (χ0v) is 15.9. The van der Waals surface area contributed by atoms with E-state index >= 15 is 0 Å². The molecule has 134 valence electrons. The number of carbonyl (C=O) groups is 1. The number of thiazole rings is 1. The number of hydrogen-bond acceptors (Lipinski definition) is 6. The quantitative estimate of drug-likeness (QED) is 0.543. The van der Waals surface area contributed by atoms with E-state index in [0.717, 1.165) is 15.4 Å². The topological polar surface area (TPSA) is 87.7 Å². The Morgan fingerprint density at radius 3 is 2.70 bits per heavy atom. The van der Waals surface area contributed by atoms with Gasteiger partial charge in [0.15, 0.2) is 0 Å². The van der Waals surface area contributed by atoms with Crippen LogP contribution < -0.4 is 10.9 Å². The molecular formula is C19H14N4O2S2. The highest BCUT2D eigenvalue weighted by Crippen LogP contribution is 2.32. The summed E-state index contributed by atoms with van der Waals surface area (Å²) in [6.07, 6.45) is 0. The minimum absolute atomic E-state index is 0.218. The molecule has 0 aliphatic rings. The lowest BCUT2D eigenvalue weighted by molar-refractivity contribution is 0.103. The smallest absolute Gasteiger partial charge is 0.267 e. The summed E-state index contributed by atoms with van der Waals surface area (Å²) in [6.45, 7) is 1.83. The van der Waals surface area contributed by atoms with E-state index in [0.29, 0.717) is 22.0 Å². The SMILES string of the molecule is Cc1nc(-c2cccs2)sc1C(=O)Nc1ccccc1-c1ccc(=O)[nH]n1.